The molecule has 0 heterocycles. The summed E-state index contributed by atoms with van der Waals surface area (Å²) < 4.78 is 0. The number of hydrogen-bond donors (Lipinski definition) is 2. The molecule has 0 aliphatic rings. The van der Waals surface area contributed by atoms with Gasteiger partial charge in [-0.25, -0.2) is 5.84 Å². The van der Waals surface area contributed by atoms with Gasteiger partial charge in [-0.2, -0.15) is 0 Å². The second kappa shape index (κ2) is 4.94. The topological polar surface area (TPSA) is 47.3 Å². The van der Waals surface area contributed by atoms with Gasteiger partial charge in [0, 0.05) is 0 Å². The Morgan fingerprint density at radius 3 is 1.50 bits per heavy atom. The van der Waals surface area contributed by atoms with Crippen LogP contribution in [0.5, 0.6) is 5.75 Å². The van der Waals surface area contributed by atoms with Crippen molar-refractivity contribution < 1.29 is 4.84 Å². The summed E-state index contributed by atoms with van der Waals surface area (Å²) in [6, 6.07) is 0. The Morgan fingerprint density at radius 1 is 0.786 bits per heavy atom. The lowest BCUT2D eigenvalue weighted by Gasteiger charge is -2.11. The van der Waals surface area contributed by atoms with E-state index in [1.165, 1.54) is 0 Å². The van der Waals surface area contributed by atoms with Crippen LogP contribution in [0.15, 0.2) is 0 Å². The highest BCUT2D eigenvalue weighted by Crippen LogP contribution is 2.47. The number of nitrogens with two attached hydrogens (primary N) is 1. The van der Waals surface area contributed by atoms with Gasteiger partial charge in [-0.3, -0.25) is 0 Å². The molecule has 1 aromatic rings. The van der Waals surface area contributed by atoms with E-state index in [1.54, 1.807) is 0 Å². The first-order valence-electron chi connectivity index (χ1n) is 3.14. The average Bonchev–Trinajstić information content (AvgIpc) is 2.19. The number of nitrogens with one attached hydrogen (secondary N) is 1. The molecule has 0 saturated heterocycles. The van der Waals surface area contributed by atoms with E-state index in [9.17, 15) is 0 Å². The van der Waals surface area contributed by atoms with Crippen molar-refractivity contribution in [2.24, 2.45) is 5.84 Å². The van der Waals surface area contributed by atoms with E-state index in [0.717, 1.165) is 0 Å². The lowest BCUT2D eigenvalue weighted by molar-refractivity contribution is 0.199. The van der Waals surface area contributed by atoms with Crippen molar-refractivity contribution in [3.05, 3.63) is 25.1 Å². The van der Waals surface area contributed by atoms with E-state index in [-0.39, 0.29) is 30.9 Å². The molecule has 14 heavy (non-hydrogen) atoms. The third-order valence-corrected chi connectivity index (χ3v) is 3.57. The van der Waals surface area contributed by atoms with E-state index < -0.39 is 0 Å². The molecule has 8 heteroatoms. The van der Waals surface area contributed by atoms with Crippen molar-refractivity contribution in [1.29, 1.82) is 0 Å². The van der Waals surface area contributed by atoms with E-state index in [1.807, 2.05) is 5.59 Å². The van der Waals surface area contributed by atoms with Crippen LogP contribution in [0.25, 0.3) is 0 Å². The Hall–Kier alpha value is 0.390. The first-order chi connectivity index (χ1) is 6.50. The smallest absolute Gasteiger partial charge is 0.189 e. The predicted octanol–water partition coefficient (Wildman–Crippen LogP) is 3.71. The van der Waals surface area contributed by atoms with Crippen LogP contribution in [0.3, 0.4) is 0 Å². The van der Waals surface area contributed by atoms with Crippen LogP contribution in [0.1, 0.15) is 0 Å². The van der Waals surface area contributed by atoms with E-state index in [0.29, 0.717) is 0 Å². The van der Waals surface area contributed by atoms with Crippen LogP contribution in [0, 0.1) is 0 Å². The predicted molar refractivity (Wildman–Crippen MR) is 59.4 cm³/mol. The number of rotatable bonds is 2. The van der Waals surface area contributed by atoms with Gasteiger partial charge in [-0.1, -0.05) is 63.6 Å². The van der Waals surface area contributed by atoms with E-state index in [4.69, 9.17) is 68.7 Å². The van der Waals surface area contributed by atoms with Gasteiger partial charge in [0.05, 0.1) is 15.1 Å². The second-order valence-electron chi connectivity index (χ2n) is 2.12. The molecule has 0 spiro atoms. The number of halogens is 5. The lowest BCUT2D eigenvalue weighted by atomic mass is 10.3. The Morgan fingerprint density at radius 2 is 1.14 bits per heavy atom. The molecule has 1 rings (SSSR count). The van der Waals surface area contributed by atoms with Crippen molar-refractivity contribution in [1.82, 2.24) is 5.59 Å². The first-order valence-corrected chi connectivity index (χ1v) is 5.03. The normalized spacial score (nSPS) is 10.4. The summed E-state index contributed by atoms with van der Waals surface area (Å²) >= 11 is 28.7. The molecule has 0 radical (unpaired) electrons. The Balaban J connectivity index is 3.43. The zero-order chi connectivity index (χ0) is 10.9. The Kier molecular flexibility index (Phi) is 4.40. The molecule has 0 bridgehead atoms. The number of hydrazine groups is 1. The molecular formula is C6H3Cl5N2O. The van der Waals surface area contributed by atoms with Crippen molar-refractivity contribution in [3.63, 3.8) is 0 Å². The van der Waals surface area contributed by atoms with Gasteiger partial charge in [0.25, 0.3) is 0 Å². The largest absolute Gasteiger partial charge is 0.391 e. The highest BCUT2D eigenvalue weighted by Gasteiger charge is 2.20. The second-order valence-corrected chi connectivity index (χ2v) is 4.01. The van der Waals surface area contributed by atoms with Crippen LogP contribution in [-0.4, -0.2) is 0 Å². The average molecular weight is 296 g/mol. The quantitative estimate of drug-likeness (QED) is 0.378. The molecule has 0 amide bonds. The first kappa shape index (κ1) is 12.5. The molecule has 0 aliphatic carbocycles. The maximum absolute atomic E-state index is 5.77. The van der Waals surface area contributed by atoms with Gasteiger partial charge in [-0.15, -0.1) is 0 Å². The van der Waals surface area contributed by atoms with Gasteiger partial charge >= 0.3 is 0 Å². The molecule has 0 aliphatic heterocycles. The molecule has 3 nitrogen and oxygen atoms in total. The minimum atomic E-state index is 0.0234. The molecule has 1 aromatic carbocycles. The van der Waals surface area contributed by atoms with Crippen LogP contribution < -0.4 is 16.3 Å². The summed E-state index contributed by atoms with van der Waals surface area (Å²) in [5.41, 5.74) is 1.91. The zero-order valence-electron chi connectivity index (χ0n) is 6.38. The number of benzene rings is 1. The molecule has 0 aromatic heterocycles. The molecule has 78 valence electrons. The minimum absolute atomic E-state index is 0.0234. The summed E-state index contributed by atoms with van der Waals surface area (Å²) in [6.07, 6.45) is 0. The fraction of sp³-hybridized carbons (Fsp3) is 0. The van der Waals surface area contributed by atoms with Gasteiger partial charge < -0.3 is 4.84 Å². The Bertz CT molecular complexity index is 341. The fourth-order valence-electron chi connectivity index (χ4n) is 0.733. The van der Waals surface area contributed by atoms with Crippen LogP contribution in [0.4, 0.5) is 0 Å². The molecule has 0 unspecified atom stereocenters. The summed E-state index contributed by atoms with van der Waals surface area (Å²) in [7, 11) is 0. The fourth-order valence-corrected chi connectivity index (χ4v) is 1.93. The van der Waals surface area contributed by atoms with Gasteiger partial charge in [-0.05, 0) is 0 Å². The molecule has 0 atom stereocenters. The Labute approximate surface area is 105 Å². The van der Waals surface area contributed by atoms with Crippen molar-refractivity contribution in [2.75, 3.05) is 0 Å². The highest BCUT2D eigenvalue weighted by atomic mass is 35.5. The van der Waals surface area contributed by atoms with Gasteiger partial charge in [0.1, 0.15) is 10.0 Å². The minimum Gasteiger partial charge on any atom is -0.391 e. The summed E-state index contributed by atoms with van der Waals surface area (Å²) in [5.74, 6) is 4.95. The third kappa shape index (κ3) is 2.14. The lowest BCUT2D eigenvalue weighted by Crippen LogP contribution is -2.26. The van der Waals surface area contributed by atoms with Crippen molar-refractivity contribution in [2.45, 2.75) is 0 Å². The third-order valence-electron chi connectivity index (χ3n) is 1.33. The highest BCUT2D eigenvalue weighted by molar-refractivity contribution is 6.55. The maximum atomic E-state index is 5.77. The SMILES string of the molecule is NNOc1c(Cl)c(Cl)c(Cl)c(Cl)c1Cl. The van der Waals surface area contributed by atoms with Gasteiger partial charge in [0.2, 0.25) is 0 Å². The summed E-state index contributed by atoms with van der Waals surface area (Å²) in [6.45, 7) is 0. The molecule has 3 N–H and O–H groups in total. The molecule has 0 fully saturated rings. The summed E-state index contributed by atoms with van der Waals surface area (Å²) in [4.78, 5) is 4.72. The monoisotopic (exact) mass is 294 g/mol. The van der Waals surface area contributed by atoms with E-state index >= 15 is 0 Å². The molecular weight excluding hydrogens is 293 g/mol. The molecule has 0 saturated carbocycles. The van der Waals surface area contributed by atoms with Crippen LogP contribution >= 0.6 is 58.0 Å². The maximum Gasteiger partial charge on any atom is 0.189 e. The van der Waals surface area contributed by atoms with Gasteiger partial charge in [0.15, 0.2) is 5.75 Å². The standard InChI is InChI=1S/C6H3Cl5N2O/c7-1-2(8)4(10)6(14-13-12)5(11)3(1)9/h13H,12H2. The zero-order valence-corrected chi connectivity index (χ0v) is 10.2. The van der Waals surface area contributed by atoms with E-state index in [2.05, 4.69) is 0 Å². The summed E-state index contributed by atoms with van der Waals surface area (Å²) in [5, 5.41) is 0.224. The van der Waals surface area contributed by atoms with Crippen LogP contribution in [-0.2, 0) is 0 Å². The van der Waals surface area contributed by atoms with Crippen molar-refractivity contribution >= 4 is 58.0 Å². The van der Waals surface area contributed by atoms with Crippen molar-refractivity contribution in [3.8, 4) is 5.75 Å². The number of hydrogen-bond acceptors (Lipinski definition) is 3. The van der Waals surface area contributed by atoms with Crippen LogP contribution in [0.2, 0.25) is 25.1 Å².